The summed E-state index contributed by atoms with van der Waals surface area (Å²) in [5.41, 5.74) is 0. The zero-order valence-corrected chi connectivity index (χ0v) is 9.25. The van der Waals surface area contributed by atoms with Crippen LogP contribution in [0.1, 0.15) is 6.42 Å². The Bertz CT molecular complexity index is 308. The van der Waals surface area contributed by atoms with Crippen molar-refractivity contribution in [3.8, 4) is 0 Å². The summed E-state index contributed by atoms with van der Waals surface area (Å²) < 4.78 is 4.63. The molecular formula is C9H16O9. The lowest BCUT2D eigenvalue weighted by Crippen LogP contribution is -2.63. The number of rotatable bonds is 4. The van der Waals surface area contributed by atoms with E-state index in [1.54, 1.807) is 0 Å². The van der Waals surface area contributed by atoms with Crippen molar-refractivity contribution in [2.24, 2.45) is 0 Å². The highest BCUT2D eigenvalue weighted by Crippen LogP contribution is 2.30. The van der Waals surface area contributed by atoms with E-state index in [0.29, 0.717) is 0 Å². The second kappa shape index (κ2) is 5.45. The SMILES string of the molecule is O=C(O)[C@]1(O)C[C@H](O)[C@@H](O)[C@H]([C@H](O)[C@H](O)CO)O1. The Morgan fingerprint density at radius 2 is 1.94 bits per heavy atom. The van der Waals surface area contributed by atoms with Gasteiger partial charge in [0.1, 0.15) is 24.4 Å². The second-order valence-corrected chi connectivity index (χ2v) is 4.17. The molecule has 0 amide bonds. The molecule has 0 unspecified atom stereocenters. The van der Waals surface area contributed by atoms with Crippen LogP contribution in [0.4, 0.5) is 0 Å². The molecule has 0 spiro atoms. The van der Waals surface area contributed by atoms with E-state index in [1.165, 1.54) is 0 Å². The number of aliphatic hydroxyl groups excluding tert-OH is 5. The molecular weight excluding hydrogens is 252 g/mol. The molecule has 7 N–H and O–H groups in total. The maximum Gasteiger partial charge on any atom is 0.364 e. The van der Waals surface area contributed by atoms with Gasteiger partial charge in [-0.05, 0) is 0 Å². The summed E-state index contributed by atoms with van der Waals surface area (Å²) in [6, 6.07) is 0. The molecule has 1 aliphatic heterocycles. The van der Waals surface area contributed by atoms with Crippen LogP contribution in [-0.4, -0.2) is 84.6 Å². The van der Waals surface area contributed by atoms with Crippen LogP contribution in [0.5, 0.6) is 0 Å². The first kappa shape index (κ1) is 15.2. The fourth-order valence-electron chi connectivity index (χ4n) is 1.70. The molecule has 0 aromatic rings. The molecule has 106 valence electrons. The fraction of sp³-hybridized carbons (Fsp3) is 0.889. The Labute approximate surface area is 101 Å². The van der Waals surface area contributed by atoms with Crippen molar-refractivity contribution in [2.75, 3.05) is 6.61 Å². The lowest BCUT2D eigenvalue weighted by atomic mass is 9.91. The lowest BCUT2D eigenvalue weighted by molar-refractivity contribution is -0.312. The predicted octanol–water partition coefficient (Wildman–Crippen LogP) is -4.02. The fourth-order valence-corrected chi connectivity index (χ4v) is 1.70. The van der Waals surface area contributed by atoms with Crippen molar-refractivity contribution < 1.29 is 45.3 Å². The van der Waals surface area contributed by atoms with Crippen molar-refractivity contribution >= 4 is 5.97 Å². The Hall–Kier alpha value is -0.810. The molecule has 0 radical (unpaired) electrons. The molecule has 0 saturated carbocycles. The summed E-state index contributed by atoms with van der Waals surface area (Å²) in [5, 5.41) is 64.6. The zero-order valence-electron chi connectivity index (χ0n) is 9.25. The summed E-state index contributed by atoms with van der Waals surface area (Å²) in [6.45, 7) is -0.866. The summed E-state index contributed by atoms with van der Waals surface area (Å²) in [4.78, 5) is 10.8. The number of ether oxygens (including phenoxy) is 1. The van der Waals surface area contributed by atoms with E-state index < -0.39 is 55.3 Å². The number of carboxylic acids is 1. The van der Waals surface area contributed by atoms with Crippen LogP contribution in [0, 0.1) is 0 Å². The molecule has 1 fully saturated rings. The number of carboxylic acid groups (broad SMARTS) is 1. The molecule has 0 aromatic heterocycles. The maximum absolute atomic E-state index is 10.8. The van der Waals surface area contributed by atoms with E-state index in [9.17, 15) is 30.3 Å². The highest BCUT2D eigenvalue weighted by Gasteiger charge is 2.53. The van der Waals surface area contributed by atoms with E-state index in [-0.39, 0.29) is 0 Å². The van der Waals surface area contributed by atoms with Crippen LogP contribution >= 0.6 is 0 Å². The number of aliphatic carboxylic acids is 1. The summed E-state index contributed by atoms with van der Waals surface area (Å²) >= 11 is 0. The van der Waals surface area contributed by atoms with Crippen LogP contribution < -0.4 is 0 Å². The van der Waals surface area contributed by atoms with Gasteiger partial charge in [0.05, 0.1) is 12.7 Å². The van der Waals surface area contributed by atoms with Crippen molar-refractivity contribution in [3.63, 3.8) is 0 Å². The Balaban J connectivity index is 2.92. The van der Waals surface area contributed by atoms with E-state index in [2.05, 4.69) is 4.74 Å². The predicted molar refractivity (Wildman–Crippen MR) is 53.2 cm³/mol. The van der Waals surface area contributed by atoms with Gasteiger partial charge < -0.3 is 40.5 Å². The monoisotopic (exact) mass is 268 g/mol. The van der Waals surface area contributed by atoms with E-state index in [1.807, 2.05) is 0 Å². The third-order valence-electron chi connectivity index (χ3n) is 2.80. The zero-order chi connectivity index (χ0) is 14.1. The first-order chi connectivity index (χ1) is 8.23. The van der Waals surface area contributed by atoms with Crippen molar-refractivity contribution in [1.82, 2.24) is 0 Å². The first-order valence-corrected chi connectivity index (χ1v) is 5.19. The normalized spacial score (nSPS) is 40.2. The lowest BCUT2D eigenvalue weighted by Gasteiger charge is -2.42. The quantitative estimate of drug-likeness (QED) is 0.268. The Morgan fingerprint density at radius 3 is 2.39 bits per heavy atom. The number of carbonyl (C=O) groups is 1. The topological polar surface area (TPSA) is 168 Å². The van der Waals surface area contributed by atoms with Crippen LogP contribution in [-0.2, 0) is 9.53 Å². The molecule has 9 nitrogen and oxygen atoms in total. The molecule has 0 bridgehead atoms. The van der Waals surface area contributed by atoms with Crippen LogP contribution in [0.2, 0.25) is 0 Å². The molecule has 6 atom stereocenters. The minimum atomic E-state index is -2.78. The number of hydrogen-bond donors (Lipinski definition) is 7. The van der Waals surface area contributed by atoms with Gasteiger partial charge in [-0.2, -0.15) is 0 Å². The van der Waals surface area contributed by atoms with Gasteiger partial charge in [-0.3, -0.25) is 0 Å². The third kappa shape index (κ3) is 2.78. The van der Waals surface area contributed by atoms with Crippen molar-refractivity contribution in [2.45, 2.75) is 42.7 Å². The van der Waals surface area contributed by atoms with Crippen LogP contribution in [0.15, 0.2) is 0 Å². The van der Waals surface area contributed by atoms with E-state index in [4.69, 9.17) is 10.2 Å². The highest BCUT2D eigenvalue weighted by atomic mass is 16.7. The minimum Gasteiger partial charge on any atom is -0.477 e. The Kier molecular flexibility index (Phi) is 4.61. The standard InChI is InChI=1S/C9H16O9/c10-2-4(12)6(14)7-5(13)3(11)1-9(17,18-7)8(15)16/h3-7,10-14,17H,1-2H2,(H,15,16)/t3-,4+,5+,6+,7+,9-/m0/s1. The van der Waals surface area contributed by atoms with Gasteiger partial charge >= 0.3 is 5.97 Å². The molecule has 0 aliphatic carbocycles. The number of hydrogen-bond acceptors (Lipinski definition) is 8. The van der Waals surface area contributed by atoms with Gasteiger partial charge in [-0.1, -0.05) is 0 Å². The first-order valence-electron chi connectivity index (χ1n) is 5.19. The van der Waals surface area contributed by atoms with Crippen molar-refractivity contribution in [1.29, 1.82) is 0 Å². The summed E-state index contributed by atoms with van der Waals surface area (Å²) in [7, 11) is 0. The minimum absolute atomic E-state index is 0.790. The maximum atomic E-state index is 10.8. The van der Waals surface area contributed by atoms with E-state index >= 15 is 0 Å². The highest BCUT2D eigenvalue weighted by molar-refractivity contribution is 5.75. The smallest absolute Gasteiger partial charge is 0.364 e. The van der Waals surface area contributed by atoms with Crippen molar-refractivity contribution in [3.05, 3.63) is 0 Å². The van der Waals surface area contributed by atoms with Crippen LogP contribution in [0.25, 0.3) is 0 Å². The van der Waals surface area contributed by atoms with Gasteiger partial charge in [0.2, 0.25) is 0 Å². The second-order valence-electron chi connectivity index (χ2n) is 4.17. The average Bonchev–Trinajstić information content (AvgIpc) is 2.31. The van der Waals surface area contributed by atoms with Gasteiger partial charge in [0.15, 0.2) is 0 Å². The van der Waals surface area contributed by atoms with Gasteiger partial charge in [0, 0.05) is 6.42 Å². The van der Waals surface area contributed by atoms with Gasteiger partial charge in [0.25, 0.3) is 5.79 Å². The molecule has 18 heavy (non-hydrogen) atoms. The molecule has 9 heteroatoms. The summed E-state index contributed by atoms with van der Waals surface area (Å²) in [5.74, 6) is -4.58. The summed E-state index contributed by atoms with van der Waals surface area (Å²) in [6.07, 6.45) is -9.50. The number of aliphatic hydroxyl groups is 6. The van der Waals surface area contributed by atoms with Gasteiger partial charge in [-0.25, -0.2) is 4.79 Å². The molecule has 1 rings (SSSR count). The molecule has 1 saturated heterocycles. The van der Waals surface area contributed by atoms with E-state index in [0.717, 1.165) is 0 Å². The largest absolute Gasteiger partial charge is 0.477 e. The Morgan fingerprint density at radius 1 is 1.39 bits per heavy atom. The third-order valence-corrected chi connectivity index (χ3v) is 2.80. The molecule has 1 heterocycles. The molecule has 0 aromatic carbocycles. The van der Waals surface area contributed by atoms with Crippen LogP contribution in [0.3, 0.4) is 0 Å². The van der Waals surface area contributed by atoms with Gasteiger partial charge in [-0.15, -0.1) is 0 Å². The molecule has 1 aliphatic rings. The average molecular weight is 268 g/mol.